The summed E-state index contributed by atoms with van der Waals surface area (Å²) in [5.74, 6) is 0. The molecule has 1 unspecified atom stereocenters. The van der Waals surface area contributed by atoms with Gasteiger partial charge in [0.25, 0.3) is 0 Å². The van der Waals surface area contributed by atoms with Gasteiger partial charge in [-0.15, -0.1) is 0 Å². The Labute approximate surface area is 168 Å². The molecule has 0 radical (unpaired) electrons. The number of alkyl halides is 3. The topological polar surface area (TPSA) is 29.5 Å². The third-order valence-corrected chi connectivity index (χ3v) is 11.3. The van der Waals surface area contributed by atoms with Gasteiger partial charge < -0.3 is 9.53 Å². The molecule has 1 aliphatic carbocycles. The van der Waals surface area contributed by atoms with E-state index in [1.165, 1.54) is 6.07 Å². The monoisotopic (exact) mass is 416 g/mol. The second-order valence-electron chi connectivity index (χ2n) is 10.1. The molecule has 0 amide bonds. The first-order chi connectivity index (χ1) is 12.7. The van der Waals surface area contributed by atoms with Crippen LogP contribution in [0.3, 0.4) is 0 Å². The van der Waals surface area contributed by atoms with Crippen LogP contribution in [0.4, 0.5) is 13.2 Å². The van der Waals surface area contributed by atoms with E-state index in [-0.39, 0.29) is 17.1 Å². The third-order valence-electron chi connectivity index (χ3n) is 6.82. The van der Waals surface area contributed by atoms with Crippen molar-refractivity contribution in [2.75, 3.05) is 0 Å². The minimum absolute atomic E-state index is 0.0389. The standard InChI is InChI=1S/C22H35F3O2Si/c1-20(2,3)28(5,6)27-15-16-14-17(22(23,24)25)10-11-18(16)19(26)21(4)12-8-7-9-13-21/h10-11,14,19,26H,7-9,12-13,15H2,1-6H3. The normalized spacial score (nSPS) is 19.5. The molecule has 0 heterocycles. The number of benzene rings is 1. The van der Waals surface area contributed by atoms with E-state index in [0.29, 0.717) is 11.1 Å². The second-order valence-corrected chi connectivity index (χ2v) is 14.9. The molecule has 1 atom stereocenters. The Morgan fingerprint density at radius 1 is 1.11 bits per heavy atom. The third kappa shape index (κ3) is 5.19. The Hall–Kier alpha value is -0.853. The van der Waals surface area contributed by atoms with E-state index in [0.717, 1.165) is 44.2 Å². The summed E-state index contributed by atoms with van der Waals surface area (Å²) in [6, 6.07) is 3.70. The van der Waals surface area contributed by atoms with Crippen molar-refractivity contribution in [3.8, 4) is 0 Å². The summed E-state index contributed by atoms with van der Waals surface area (Å²) in [7, 11) is -2.13. The van der Waals surface area contributed by atoms with Crippen LogP contribution in [-0.4, -0.2) is 13.4 Å². The summed E-state index contributed by atoms with van der Waals surface area (Å²) in [6.45, 7) is 12.6. The molecule has 6 heteroatoms. The van der Waals surface area contributed by atoms with Crippen LogP contribution >= 0.6 is 0 Å². The minimum atomic E-state index is -4.41. The Bertz CT molecular complexity index is 671. The molecule has 0 bridgehead atoms. The zero-order valence-electron chi connectivity index (χ0n) is 18.0. The van der Waals surface area contributed by atoms with Gasteiger partial charge in [0.05, 0.1) is 18.3 Å². The van der Waals surface area contributed by atoms with Crippen LogP contribution in [0.1, 0.15) is 82.6 Å². The first-order valence-electron chi connectivity index (χ1n) is 10.2. The fourth-order valence-electron chi connectivity index (χ4n) is 3.66. The summed E-state index contributed by atoms with van der Waals surface area (Å²) in [5, 5.41) is 11.1. The van der Waals surface area contributed by atoms with Crippen LogP contribution in [-0.2, 0) is 17.2 Å². The zero-order valence-corrected chi connectivity index (χ0v) is 19.0. The van der Waals surface area contributed by atoms with Gasteiger partial charge in [-0.25, -0.2) is 0 Å². The molecular weight excluding hydrogens is 381 g/mol. The number of aliphatic hydroxyl groups is 1. The molecule has 0 spiro atoms. The van der Waals surface area contributed by atoms with Gasteiger partial charge in [-0.3, -0.25) is 0 Å². The fourth-order valence-corrected chi connectivity index (χ4v) is 4.61. The maximum Gasteiger partial charge on any atom is 0.416 e. The molecule has 1 aliphatic rings. The summed E-state index contributed by atoms with van der Waals surface area (Å²) in [6.07, 6.45) is -0.183. The van der Waals surface area contributed by atoms with E-state index in [1.54, 1.807) is 0 Å². The fraction of sp³-hybridized carbons (Fsp3) is 0.727. The number of hydrogen-bond donors (Lipinski definition) is 1. The lowest BCUT2D eigenvalue weighted by atomic mass is 9.69. The van der Waals surface area contributed by atoms with Crippen molar-refractivity contribution in [2.24, 2.45) is 5.41 Å². The molecule has 28 heavy (non-hydrogen) atoms. The van der Waals surface area contributed by atoms with Crippen LogP contribution in [0.5, 0.6) is 0 Å². The van der Waals surface area contributed by atoms with Crippen LogP contribution in [0.2, 0.25) is 18.1 Å². The molecule has 1 fully saturated rings. The van der Waals surface area contributed by atoms with Gasteiger partial charge in [-0.1, -0.05) is 53.0 Å². The predicted octanol–water partition coefficient (Wildman–Crippen LogP) is 7.23. The highest BCUT2D eigenvalue weighted by Gasteiger charge is 2.40. The van der Waals surface area contributed by atoms with Crippen molar-refractivity contribution >= 4 is 8.32 Å². The molecule has 1 aromatic rings. The zero-order chi connectivity index (χ0) is 21.4. The van der Waals surface area contributed by atoms with Gasteiger partial charge in [-0.2, -0.15) is 13.2 Å². The van der Waals surface area contributed by atoms with Crippen molar-refractivity contribution in [3.63, 3.8) is 0 Å². The summed E-state index contributed by atoms with van der Waals surface area (Å²) < 4.78 is 46.1. The Balaban J connectivity index is 2.39. The molecule has 2 rings (SSSR count). The highest BCUT2D eigenvalue weighted by Crippen LogP contribution is 2.47. The Morgan fingerprint density at radius 2 is 1.68 bits per heavy atom. The first kappa shape index (κ1) is 23.4. The molecule has 1 saturated carbocycles. The number of aliphatic hydroxyl groups excluding tert-OH is 1. The minimum Gasteiger partial charge on any atom is -0.413 e. The van der Waals surface area contributed by atoms with Gasteiger partial charge >= 0.3 is 6.18 Å². The largest absolute Gasteiger partial charge is 0.416 e. The van der Waals surface area contributed by atoms with E-state index in [4.69, 9.17) is 4.43 Å². The summed E-state index contributed by atoms with van der Waals surface area (Å²) >= 11 is 0. The lowest BCUT2D eigenvalue weighted by Gasteiger charge is -2.40. The Kier molecular flexibility index (Phi) is 6.79. The smallest absolute Gasteiger partial charge is 0.413 e. The highest BCUT2D eigenvalue weighted by atomic mass is 28.4. The molecular formula is C22H35F3O2Si. The number of halogens is 3. The van der Waals surface area contributed by atoms with E-state index in [1.807, 2.05) is 6.92 Å². The van der Waals surface area contributed by atoms with Crippen molar-refractivity contribution in [1.29, 1.82) is 0 Å². The van der Waals surface area contributed by atoms with Gasteiger partial charge in [0, 0.05) is 0 Å². The Morgan fingerprint density at radius 3 is 2.18 bits per heavy atom. The van der Waals surface area contributed by atoms with Gasteiger partial charge in [0.2, 0.25) is 0 Å². The van der Waals surface area contributed by atoms with Crippen molar-refractivity contribution in [3.05, 3.63) is 34.9 Å². The average Bonchev–Trinajstić information content (AvgIpc) is 2.58. The maximum absolute atomic E-state index is 13.3. The van der Waals surface area contributed by atoms with Crippen molar-refractivity contribution in [2.45, 2.75) is 96.8 Å². The SMILES string of the molecule is CC1(C(O)c2ccc(C(F)(F)F)cc2CO[Si](C)(C)C(C)(C)C)CCCCC1. The second kappa shape index (κ2) is 8.11. The predicted molar refractivity (Wildman–Crippen MR) is 110 cm³/mol. The first-order valence-corrected chi connectivity index (χ1v) is 13.1. The van der Waals surface area contributed by atoms with Crippen LogP contribution < -0.4 is 0 Å². The van der Waals surface area contributed by atoms with E-state index >= 15 is 0 Å². The van der Waals surface area contributed by atoms with Gasteiger partial charge in [-0.05, 0) is 59.6 Å². The lowest BCUT2D eigenvalue weighted by molar-refractivity contribution is -0.137. The summed E-state index contributed by atoms with van der Waals surface area (Å²) in [5.41, 5.74) is 0.0464. The molecule has 2 nitrogen and oxygen atoms in total. The number of rotatable bonds is 5. The molecule has 0 saturated heterocycles. The van der Waals surface area contributed by atoms with Gasteiger partial charge in [0.15, 0.2) is 8.32 Å². The molecule has 0 aliphatic heterocycles. The van der Waals surface area contributed by atoms with E-state index in [9.17, 15) is 18.3 Å². The molecule has 1 aromatic carbocycles. The van der Waals surface area contributed by atoms with Crippen molar-refractivity contribution in [1.82, 2.24) is 0 Å². The average molecular weight is 417 g/mol. The van der Waals surface area contributed by atoms with Gasteiger partial charge in [0.1, 0.15) is 0 Å². The van der Waals surface area contributed by atoms with E-state index in [2.05, 4.69) is 33.9 Å². The molecule has 160 valence electrons. The van der Waals surface area contributed by atoms with Crippen molar-refractivity contribution < 1.29 is 22.7 Å². The molecule has 0 aromatic heterocycles. The summed E-state index contributed by atoms with van der Waals surface area (Å²) in [4.78, 5) is 0. The lowest BCUT2D eigenvalue weighted by Crippen LogP contribution is -2.40. The quantitative estimate of drug-likeness (QED) is 0.513. The van der Waals surface area contributed by atoms with E-state index < -0.39 is 26.2 Å². The van der Waals surface area contributed by atoms with Crippen LogP contribution in [0.25, 0.3) is 0 Å². The van der Waals surface area contributed by atoms with Crippen LogP contribution in [0, 0.1) is 5.41 Å². The van der Waals surface area contributed by atoms with Crippen LogP contribution in [0.15, 0.2) is 18.2 Å². The highest BCUT2D eigenvalue weighted by molar-refractivity contribution is 6.74. The number of hydrogen-bond acceptors (Lipinski definition) is 2. The molecule has 1 N–H and O–H groups in total. The maximum atomic E-state index is 13.3.